The molecule has 4 saturated carbocycles. The van der Waals surface area contributed by atoms with Gasteiger partial charge in [-0.1, -0.05) is 84.4 Å². The Balaban J connectivity index is 1.04. The molecule has 2 aliphatic heterocycles. The minimum absolute atomic E-state index is 0.0351. The predicted molar refractivity (Wildman–Crippen MR) is 230 cm³/mol. The molecule has 0 bridgehead atoms. The minimum atomic E-state index is -2.03. The van der Waals surface area contributed by atoms with E-state index in [1.165, 1.54) is 11.1 Å². The van der Waals surface area contributed by atoms with Gasteiger partial charge in [0.2, 0.25) is 0 Å². The molecular formula is C49H71NO14. The van der Waals surface area contributed by atoms with Crippen LogP contribution in [-0.2, 0) is 39.9 Å². The molecule has 15 nitrogen and oxygen atoms in total. The van der Waals surface area contributed by atoms with Gasteiger partial charge in [0.1, 0.15) is 36.6 Å². The van der Waals surface area contributed by atoms with Gasteiger partial charge in [-0.2, -0.15) is 0 Å². The second kappa shape index (κ2) is 16.7. The highest BCUT2D eigenvalue weighted by Crippen LogP contribution is 2.75. The number of carbonyl (C=O) groups excluding carboxylic acids is 1. The van der Waals surface area contributed by atoms with Crippen LogP contribution in [0.15, 0.2) is 42.0 Å². The van der Waals surface area contributed by atoms with Crippen LogP contribution in [0.25, 0.3) is 0 Å². The Bertz CT molecular complexity index is 1980. The molecule has 8 N–H and O–H groups in total. The lowest BCUT2D eigenvalue weighted by molar-refractivity contribution is -0.371. The summed E-state index contributed by atoms with van der Waals surface area (Å²) in [6, 6.07) is 10.5. The highest BCUT2D eigenvalue weighted by atomic mass is 16.8. The standard InChI is InChI=1S/C49H71NO14/c1-44(2)29-13-16-49(7)39(28(51)21-26-27-22-45(3,24-50-23-25-11-9-8-10-12-25)17-18-46(27,4)19-20-48(26,49)6)47(29,5)15-14-30(44)61-43-38(34(55)33(54)37(63-43)41(59)60)64-42-35(56)31(52)32(53)36(62-42)40(57)58/h8-12,21,27,29-39,42-43,50,52-56H,13-20,22-24H2,1-7H3,(H,57,58)(H,59,60)/t27-,29-,30-,31-,32-,33-,34-,35+,36-,37-,38+,39+,42-,43+,45-,46+,47-,48+,49+/m0/s1. The van der Waals surface area contributed by atoms with E-state index in [1.54, 1.807) is 0 Å². The van der Waals surface area contributed by atoms with Crippen LogP contribution in [0.1, 0.15) is 112 Å². The van der Waals surface area contributed by atoms with E-state index in [0.29, 0.717) is 18.8 Å². The van der Waals surface area contributed by atoms with E-state index in [4.69, 9.17) is 18.9 Å². The molecule has 1 aromatic rings. The number of allylic oxidation sites excluding steroid dienone is 2. The molecule has 6 fully saturated rings. The van der Waals surface area contributed by atoms with Gasteiger partial charge < -0.3 is 60.0 Å². The van der Waals surface area contributed by atoms with E-state index >= 15 is 4.79 Å². The summed E-state index contributed by atoms with van der Waals surface area (Å²) in [5.74, 6) is -3.03. The van der Waals surface area contributed by atoms with Crippen LogP contribution in [0.5, 0.6) is 0 Å². The van der Waals surface area contributed by atoms with Crippen LogP contribution >= 0.6 is 0 Å². The summed E-state index contributed by atoms with van der Waals surface area (Å²) in [5.41, 5.74) is 1.24. The summed E-state index contributed by atoms with van der Waals surface area (Å²) in [6.45, 7) is 17.8. The van der Waals surface area contributed by atoms with Gasteiger partial charge in [0.25, 0.3) is 0 Å². The highest BCUT2D eigenvalue weighted by Gasteiger charge is 2.70. The number of benzene rings is 1. The molecule has 5 aliphatic carbocycles. The molecule has 2 saturated heterocycles. The van der Waals surface area contributed by atoms with Gasteiger partial charge in [-0.15, -0.1) is 0 Å². The average Bonchev–Trinajstić information content (AvgIpc) is 3.23. The summed E-state index contributed by atoms with van der Waals surface area (Å²) < 4.78 is 23.6. The zero-order valence-corrected chi connectivity index (χ0v) is 38.3. The summed E-state index contributed by atoms with van der Waals surface area (Å²) >= 11 is 0. The highest BCUT2D eigenvalue weighted by molar-refractivity contribution is 5.95. The van der Waals surface area contributed by atoms with Crippen molar-refractivity contribution in [3.05, 3.63) is 47.5 Å². The van der Waals surface area contributed by atoms with E-state index in [-0.39, 0.29) is 39.3 Å². The number of ether oxygens (including phenoxy) is 4. The van der Waals surface area contributed by atoms with E-state index in [1.807, 2.05) is 6.07 Å². The third-order valence-electron chi connectivity index (χ3n) is 18.5. The molecule has 64 heavy (non-hydrogen) atoms. The Kier molecular flexibility index (Phi) is 12.5. The fourth-order valence-corrected chi connectivity index (χ4v) is 14.5. The van der Waals surface area contributed by atoms with E-state index < -0.39 is 90.3 Å². The first-order chi connectivity index (χ1) is 29.9. The first kappa shape index (κ1) is 47.7. The molecule has 8 rings (SSSR count). The van der Waals surface area contributed by atoms with E-state index in [2.05, 4.69) is 84.1 Å². The molecule has 0 unspecified atom stereocenters. The second-order valence-corrected chi connectivity index (χ2v) is 22.7. The lowest BCUT2D eigenvalue weighted by Gasteiger charge is -2.70. The Morgan fingerprint density at radius 2 is 1.36 bits per heavy atom. The fraction of sp³-hybridized carbons (Fsp3) is 0.776. The average molecular weight is 898 g/mol. The van der Waals surface area contributed by atoms with Crippen molar-refractivity contribution in [3.8, 4) is 0 Å². The molecule has 2 heterocycles. The number of aliphatic hydroxyl groups is 5. The molecule has 0 aromatic heterocycles. The van der Waals surface area contributed by atoms with Gasteiger partial charge in [0, 0.05) is 19.0 Å². The van der Waals surface area contributed by atoms with Crippen molar-refractivity contribution in [3.63, 3.8) is 0 Å². The lowest BCUT2D eigenvalue weighted by atomic mass is 9.33. The van der Waals surface area contributed by atoms with Crippen molar-refractivity contribution in [1.29, 1.82) is 0 Å². The summed E-state index contributed by atoms with van der Waals surface area (Å²) in [5, 5.41) is 77.0. The first-order valence-electron chi connectivity index (χ1n) is 23.4. The van der Waals surface area contributed by atoms with Crippen LogP contribution in [0.2, 0.25) is 0 Å². The predicted octanol–water partition coefficient (Wildman–Crippen LogP) is 3.95. The van der Waals surface area contributed by atoms with Gasteiger partial charge >= 0.3 is 11.9 Å². The van der Waals surface area contributed by atoms with Crippen molar-refractivity contribution >= 4 is 17.7 Å². The summed E-state index contributed by atoms with van der Waals surface area (Å²) in [6.07, 6.45) is -9.82. The number of rotatable bonds is 10. The molecule has 19 atom stereocenters. The quantitative estimate of drug-likeness (QED) is 0.155. The van der Waals surface area contributed by atoms with Crippen molar-refractivity contribution in [2.24, 2.45) is 50.2 Å². The van der Waals surface area contributed by atoms with Gasteiger partial charge in [-0.05, 0) is 114 Å². The normalized spacial score (nSPS) is 48.8. The number of carbonyl (C=O) groups is 3. The van der Waals surface area contributed by atoms with Crippen molar-refractivity contribution < 1.29 is 69.1 Å². The van der Waals surface area contributed by atoms with Crippen molar-refractivity contribution in [2.45, 2.75) is 180 Å². The zero-order chi connectivity index (χ0) is 46.5. The first-order valence-corrected chi connectivity index (χ1v) is 23.4. The number of hydrogen-bond acceptors (Lipinski definition) is 13. The molecule has 15 heteroatoms. The number of fused-ring (bicyclic) bond motifs is 7. The maximum atomic E-state index is 15.1. The molecule has 0 radical (unpaired) electrons. The fourth-order valence-electron chi connectivity index (χ4n) is 14.5. The third kappa shape index (κ3) is 7.61. The van der Waals surface area contributed by atoms with E-state index in [9.17, 15) is 45.3 Å². The number of hydrogen-bond donors (Lipinski definition) is 8. The molecule has 7 aliphatic rings. The van der Waals surface area contributed by atoms with Gasteiger partial charge in [-0.25, -0.2) is 9.59 Å². The third-order valence-corrected chi connectivity index (χ3v) is 18.5. The van der Waals surface area contributed by atoms with Crippen LogP contribution in [-0.4, -0.2) is 128 Å². The monoisotopic (exact) mass is 897 g/mol. The van der Waals surface area contributed by atoms with Gasteiger partial charge in [0.05, 0.1) is 6.10 Å². The van der Waals surface area contributed by atoms with Crippen molar-refractivity contribution in [1.82, 2.24) is 5.32 Å². The number of carboxylic acids is 2. The maximum Gasteiger partial charge on any atom is 0.335 e. The number of ketones is 1. The topological polar surface area (TPSA) is 242 Å². The Hall–Kier alpha value is -2.83. The molecule has 1 aromatic carbocycles. The zero-order valence-electron chi connectivity index (χ0n) is 38.3. The lowest BCUT2D eigenvalue weighted by Crippen LogP contribution is -2.68. The minimum Gasteiger partial charge on any atom is -0.479 e. The van der Waals surface area contributed by atoms with Gasteiger partial charge in [-0.3, -0.25) is 4.79 Å². The maximum absolute atomic E-state index is 15.1. The number of aliphatic hydroxyl groups excluding tert-OH is 5. The molecular weight excluding hydrogens is 827 g/mol. The number of carboxylic acid groups (broad SMARTS) is 2. The number of nitrogens with one attached hydrogen (secondary N) is 1. The Morgan fingerprint density at radius 3 is 2.02 bits per heavy atom. The molecule has 0 spiro atoms. The smallest absolute Gasteiger partial charge is 0.335 e. The Morgan fingerprint density at radius 1 is 0.734 bits per heavy atom. The summed E-state index contributed by atoms with van der Waals surface area (Å²) in [4.78, 5) is 39.2. The Labute approximate surface area is 375 Å². The summed E-state index contributed by atoms with van der Waals surface area (Å²) in [7, 11) is 0. The second-order valence-electron chi connectivity index (χ2n) is 22.7. The van der Waals surface area contributed by atoms with E-state index in [0.717, 1.165) is 58.0 Å². The SMILES string of the molecule is CC1(C)[C@@H](O[C@@H]2O[C@H](C(=O)O)[C@@H](O)[C@H](O)[C@H]2O[C@@H]2O[C@H](C(=O)O)[C@@H](O)[C@H](O)[C@H]2O)CC[C@]2(C)[C@H]3C(=O)C=C4[C@@H]5C[C@@](C)(CNCc6ccccc6)CC[C@]5(C)CC[C@@]4(C)[C@]3(C)CC[C@@H]12. The molecule has 356 valence electrons. The van der Waals surface area contributed by atoms with Crippen LogP contribution in [0.4, 0.5) is 0 Å². The van der Waals surface area contributed by atoms with Crippen LogP contribution in [0, 0.1) is 50.2 Å². The largest absolute Gasteiger partial charge is 0.479 e. The van der Waals surface area contributed by atoms with Crippen LogP contribution < -0.4 is 5.32 Å². The van der Waals surface area contributed by atoms with Crippen molar-refractivity contribution in [2.75, 3.05) is 6.54 Å². The number of aliphatic carboxylic acids is 2. The molecule has 0 amide bonds. The van der Waals surface area contributed by atoms with Crippen LogP contribution in [0.3, 0.4) is 0 Å². The van der Waals surface area contributed by atoms with Gasteiger partial charge in [0.15, 0.2) is 30.6 Å².